The third-order valence-corrected chi connectivity index (χ3v) is 6.77. The molecule has 1 aliphatic heterocycles. The van der Waals surface area contributed by atoms with Gasteiger partial charge in [0.05, 0.1) is 31.0 Å². The lowest BCUT2D eigenvalue weighted by Crippen LogP contribution is -2.34. The summed E-state index contributed by atoms with van der Waals surface area (Å²) in [5, 5.41) is 6.89. The minimum absolute atomic E-state index is 0.530. The number of methoxy groups -OCH3 is 1. The molecule has 0 saturated heterocycles. The number of hydrogen-bond donors (Lipinski definition) is 1. The van der Waals surface area contributed by atoms with Gasteiger partial charge in [0.15, 0.2) is 0 Å². The van der Waals surface area contributed by atoms with Crippen LogP contribution in [-0.4, -0.2) is 39.5 Å². The number of sulfonamides is 1. The molecule has 9 heteroatoms. The lowest BCUT2D eigenvalue weighted by molar-refractivity contribution is 0.415. The normalized spacial score (nSPS) is 14.0. The molecule has 0 spiro atoms. The van der Waals surface area contributed by atoms with Crippen LogP contribution in [0.3, 0.4) is 0 Å². The Morgan fingerprint density at radius 1 is 1.23 bits per heavy atom. The van der Waals surface area contributed by atoms with Gasteiger partial charge in [-0.05, 0) is 60.4 Å². The molecule has 0 bridgehead atoms. The van der Waals surface area contributed by atoms with Gasteiger partial charge in [0.2, 0.25) is 15.2 Å². The first kappa shape index (κ1) is 20.4. The lowest BCUT2D eigenvalue weighted by Gasteiger charge is -2.29. The van der Waals surface area contributed by atoms with Crippen molar-refractivity contribution < 1.29 is 13.2 Å². The van der Waals surface area contributed by atoms with Crippen LogP contribution >= 0.6 is 11.3 Å². The average molecular weight is 443 g/mol. The van der Waals surface area contributed by atoms with E-state index in [1.807, 2.05) is 47.8 Å². The van der Waals surface area contributed by atoms with E-state index in [-0.39, 0.29) is 0 Å². The summed E-state index contributed by atoms with van der Waals surface area (Å²) in [5.41, 5.74) is 7.51. The highest BCUT2D eigenvalue weighted by Gasteiger charge is 2.24. The molecule has 0 amide bonds. The van der Waals surface area contributed by atoms with E-state index in [1.165, 1.54) is 21.9 Å². The lowest BCUT2D eigenvalue weighted by atomic mass is 10.00. The quantitative estimate of drug-likeness (QED) is 0.461. The van der Waals surface area contributed by atoms with Crippen LogP contribution in [0.1, 0.15) is 17.5 Å². The van der Waals surface area contributed by atoms with Crippen LogP contribution in [0.25, 0.3) is 11.3 Å². The van der Waals surface area contributed by atoms with E-state index in [4.69, 9.17) is 4.74 Å². The fraction of sp³-hybridized carbons (Fsp3) is 0.238. The Balaban J connectivity index is 1.48. The van der Waals surface area contributed by atoms with E-state index in [0.717, 1.165) is 46.7 Å². The molecular formula is C21H22N4O3S2. The largest absolute Gasteiger partial charge is 0.497 e. The molecule has 2 aromatic carbocycles. The zero-order valence-electron chi connectivity index (χ0n) is 16.7. The highest BCUT2D eigenvalue weighted by Crippen LogP contribution is 2.33. The number of ether oxygens (including phenoxy) is 1. The summed E-state index contributed by atoms with van der Waals surface area (Å²) in [5.74, 6) is 0.800. The standard InChI is InChI=1S/C21H22N4O3S2/c1-28-18-8-5-15(6-9-18)13-22-24-21-23-19(14-29-21)16-7-10-20-17(12-16)4-3-11-25(20)30(2,26)27/h5-10,12-14H,3-4,11H2,1-2H3,(H,23,24). The summed E-state index contributed by atoms with van der Waals surface area (Å²) in [4.78, 5) is 4.60. The number of nitrogens with zero attached hydrogens (tertiary/aromatic N) is 3. The van der Waals surface area contributed by atoms with Crippen LogP contribution in [-0.2, 0) is 16.4 Å². The predicted molar refractivity (Wildman–Crippen MR) is 122 cm³/mol. The SMILES string of the molecule is COc1ccc(C=NNc2nc(-c3ccc4c(c3)CCCN4S(C)(=O)=O)cs2)cc1. The fourth-order valence-electron chi connectivity index (χ4n) is 3.38. The van der Waals surface area contributed by atoms with Gasteiger partial charge in [0, 0.05) is 17.5 Å². The van der Waals surface area contributed by atoms with E-state index in [9.17, 15) is 8.42 Å². The topological polar surface area (TPSA) is 83.9 Å². The maximum absolute atomic E-state index is 12.0. The molecule has 1 N–H and O–H groups in total. The Morgan fingerprint density at radius 3 is 2.77 bits per heavy atom. The van der Waals surface area contributed by atoms with Crippen LogP contribution in [0.15, 0.2) is 52.9 Å². The first-order valence-electron chi connectivity index (χ1n) is 9.44. The van der Waals surface area contributed by atoms with Crippen LogP contribution < -0.4 is 14.5 Å². The second kappa shape index (κ2) is 8.45. The average Bonchev–Trinajstić information content (AvgIpc) is 3.21. The van der Waals surface area contributed by atoms with Gasteiger partial charge in [0.25, 0.3) is 0 Å². The minimum atomic E-state index is -3.26. The van der Waals surface area contributed by atoms with E-state index in [2.05, 4.69) is 15.5 Å². The second-order valence-corrected chi connectivity index (χ2v) is 9.73. The monoisotopic (exact) mass is 442 g/mol. The number of benzene rings is 2. The van der Waals surface area contributed by atoms with Crippen molar-refractivity contribution in [1.29, 1.82) is 0 Å². The van der Waals surface area contributed by atoms with Crippen molar-refractivity contribution in [2.75, 3.05) is 29.6 Å². The molecule has 0 aliphatic carbocycles. The number of fused-ring (bicyclic) bond motifs is 1. The number of aryl methyl sites for hydroxylation is 1. The number of rotatable bonds is 6. The predicted octanol–water partition coefficient (Wildman–Crippen LogP) is 3.98. The molecule has 0 atom stereocenters. The smallest absolute Gasteiger partial charge is 0.232 e. The zero-order chi connectivity index (χ0) is 21.1. The van der Waals surface area contributed by atoms with Crippen molar-refractivity contribution >= 4 is 38.4 Å². The molecule has 1 aliphatic rings. The number of nitrogens with one attached hydrogen (secondary N) is 1. The summed E-state index contributed by atoms with van der Waals surface area (Å²) < 4.78 is 30.7. The van der Waals surface area contributed by atoms with Crippen molar-refractivity contribution in [2.45, 2.75) is 12.8 Å². The zero-order valence-corrected chi connectivity index (χ0v) is 18.3. The third kappa shape index (κ3) is 4.47. The van der Waals surface area contributed by atoms with Gasteiger partial charge < -0.3 is 4.74 Å². The minimum Gasteiger partial charge on any atom is -0.497 e. The highest BCUT2D eigenvalue weighted by molar-refractivity contribution is 7.92. The molecule has 1 aromatic heterocycles. The first-order chi connectivity index (χ1) is 14.4. The number of hydrogen-bond acceptors (Lipinski definition) is 7. The molecular weight excluding hydrogens is 420 g/mol. The fourth-order valence-corrected chi connectivity index (χ4v) is 5.04. The van der Waals surface area contributed by atoms with Crippen molar-refractivity contribution in [3.05, 3.63) is 59.0 Å². The molecule has 4 rings (SSSR count). The van der Waals surface area contributed by atoms with Crippen molar-refractivity contribution in [1.82, 2.24) is 4.98 Å². The van der Waals surface area contributed by atoms with Crippen molar-refractivity contribution in [2.24, 2.45) is 5.10 Å². The molecule has 3 aromatic rings. The molecule has 2 heterocycles. The highest BCUT2D eigenvalue weighted by atomic mass is 32.2. The van der Waals surface area contributed by atoms with Gasteiger partial charge in [-0.25, -0.2) is 13.4 Å². The van der Waals surface area contributed by atoms with Gasteiger partial charge >= 0.3 is 0 Å². The van der Waals surface area contributed by atoms with E-state index < -0.39 is 10.0 Å². The van der Waals surface area contributed by atoms with Crippen molar-refractivity contribution in [3.63, 3.8) is 0 Å². The first-order valence-corrected chi connectivity index (χ1v) is 12.2. The number of hydrazone groups is 1. The Morgan fingerprint density at radius 2 is 2.03 bits per heavy atom. The Bertz CT molecular complexity index is 1170. The summed E-state index contributed by atoms with van der Waals surface area (Å²) in [6.07, 6.45) is 4.64. The molecule has 0 radical (unpaired) electrons. The second-order valence-electron chi connectivity index (χ2n) is 6.96. The maximum atomic E-state index is 12.0. The van der Waals surface area contributed by atoms with E-state index >= 15 is 0 Å². The molecule has 156 valence electrons. The Kier molecular flexibility index (Phi) is 5.74. The molecule has 7 nitrogen and oxygen atoms in total. The van der Waals surface area contributed by atoms with Crippen LogP contribution in [0, 0.1) is 0 Å². The maximum Gasteiger partial charge on any atom is 0.232 e. The van der Waals surface area contributed by atoms with Gasteiger partial charge in [0.1, 0.15) is 5.75 Å². The summed E-state index contributed by atoms with van der Waals surface area (Å²) in [7, 11) is -1.63. The van der Waals surface area contributed by atoms with Crippen molar-refractivity contribution in [3.8, 4) is 17.0 Å². The summed E-state index contributed by atoms with van der Waals surface area (Å²) in [6, 6.07) is 13.4. The number of anilines is 2. The Hall–Kier alpha value is -2.91. The molecule has 0 unspecified atom stereocenters. The van der Waals surface area contributed by atoms with Gasteiger partial charge in [-0.3, -0.25) is 9.73 Å². The van der Waals surface area contributed by atoms with E-state index in [0.29, 0.717) is 11.7 Å². The van der Waals surface area contributed by atoms with Crippen LogP contribution in [0.4, 0.5) is 10.8 Å². The van der Waals surface area contributed by atoms with Crippen LogP contribution in [0.5, 0.6) is 5.75 Å². The van der Waals surface area contributed by atoms with Gasteiger partial charge in [-0.2, -0.15) is 5.10 Å². The Labute approximate surface area is 180 Å². The summed E-state index contributed by atoms with van der Waals surface area (Å²) in [6.45, 7) is 0.530. The van der Waals surface area contributed by atoms with Gasteiger partial charge in [-0.15, -0.1) is 11.3 Å². The molecule has 30 heavy (non-hydrogen) atoms. The van der Waals surface area contributed by atoms with Crippen LogP contribution in [0.2, 0.25) is 0 Å². The number of aromatic nitrogens is 1. The molecule has 0 saturated carbocycles. The molecule has 0 fully saturated rings. The van der Waals surface area contributed by atoms with Gasteiger partial charge in [-0.1, -0.05) is 6.07 Å². The van der Waals surface area contributed by atoms with E-state index in [1.54, 1.807) is 13.3 Å². The summed E-state index contributed by atoms with van der Waals surface area (Å²) >= 11 is 1.47. The third-order valence-electron chi connectivity index (χ3n) is 4.85. The number of thiazole rings is 1.